The standard InChI is InChI=1S/C17H29ClN2O3S/c1-5-20(6-2)17(15-9-7-8-10-16(15)18)13-19-24(21,22)14(3)11-12-23-4/h7-10,14,17,19H,5-6,11-13H2,1-4H3/t14-,17+/m1/s1. The highest BCUT2D eigenvalue weighted by molar-refractivity contribution is 7.90. The molecule has 0 amide bonds. The molecule has 7 heteroatoms. The van der Waals surface area contributed by atoms with E-state index in [0.29, 0.717) is 24.6 Å². The number of nitrogens with zero attached hydrogens (tertiary/aromatic N) is 1. The van der Waals surface area contributed by atoms with Crippen LogP contribution in [0.5, 0.6) is 0 Å². The van der Waals surface area contributed by atoms with Crippen molar-refractivity contribution in [3.8, 4) is 0 Å². The molecular weight excluding hydrogens is 348 g/mol. The van der Waals surface area contributed by atoms with E-state index in [0.717, 1.165) is 18.7 Å². The van der Waals surface area contributed by atoms with Crippen molar-refractivity contribution < 1.29 is 13.2 Å². The summed E-state index contributed by atoms with van der Waals surface area (Å²) in [6.45, 7) is 8.16. The van der Waals surface area contributed by atoms with E-state index < -0.39 is 15.3 Å². The van der Waals surface area contributed by atoms with Crippen molar-refractivity contribution in [3.63, 3.8) is 0 Å². The Kier molecular flexibility index (Phi) is 9.23. The zero-order valence-electron chi connectivity index (χ0n) is 15.0. The van der Waals surface area contributed by atoms with Crippen LogP contribution in [0.25, 0.3) is 0 Å². The lowest BCUT2D eigenvalue weighted by atomic mass is 10.1. The Morgan fingerprint density at radius 1 is 1.25 bits per heavy atom. The van der Waals surface area contributed by atoms with Crippen LogP contribution in [-0.4, -0.2) is 51.9 Å². The Labute approximate surface area is 151 Å². The first-order valence-electron chi connectivity index (χ1n) is 8.33. The monoisotopic (exact) mass is 376 g/mol. The predicted molar refractivity (Wildman–Crippen MR) is 100.0 cm³/mol. The fourth-order valence-corrected chi connectivity index (χ4v) is 3.96. The fraction of sp³-hybridized carbons (Fsp3) is 0.647. The number of rotatable bonds is 11. The van der Waals surface area contributed by atoms with E-state index in [1.807, 2.05) is 24.3 Å². The van der Waals surface area contributed by atoms with Crippen LogP contribution >= 0.6 is 11.6 Å². The van der Waals surface area contributed by atoms with Gasteiger partial charge in [0, 0.05) is 31.3 Å². The second kappa shape index (κ2) is 10.4. The number of methoxy groups -OCH3 is 1. The first kappa shape index (κ1) is 21.4. The average molecular weight is 377 g/mol. The van der Waals surface area contributed by atoms with Gasteiger partial charge >= 0.3 is 0 Å². The van der Waals surface area contributed by atoms with Gasteiger partial charge in [-0.2, -0.15) is 0 Å². The number of halogens is 1. The van der Waals surface area contributed by atoms with E-state index >= 15 is 0 Å². The molecule has 0 saturated carbocycles. The minimum Gasteiger partial charge on any atom is -0.385 e. The van der Waals surface area contributed by atoms with Crippen LogP contribution in [0.15, 0.2) is 24.3 Å². The van der Waals surface area contributed by atoms with Gasteiger partial charge in [-0.3, -0.25) is 4.90 Å². The third kappa shape index (κ3) is 6.01. The molecule has 0 radical (unpaired) electrons. The lowest BCUT2D eigenvalue weighted by molar-refractivity contribution is 0.194. The van der Waals surface area contributed by atoms with Crippen molar-refractivity contribution >= 4 is 21.6 Å². The summed E-state index contributed by atoms with van der Waals surface area (Å²) >= 11 is 6.34. The van der Waals surface area contributed by atoms with Crippen LogP contribution in [0, 0.1) is 0 Å². The van der Waals surface area contributed by atoms with E-state index in [4.69, 9.17) is 16.3 Å². The lowest BCUT2D eigenvalue weighted by Crippen LogP contribution is -2.41. The van der Waals surface area contributed by atoms with E-state index in [9.17, 15) is 8.42 Å². The summed E-state index contributed by atoms with van der Waals surface area (Å²) in [6.07, 6.45) is 0.466. The molecule has 1 aromatic rings. The number of ether oxygens (including phenoxy) is 1. The number of sulfonamides is 1. The maximum atomic E-state index is 12.4. The zero-order valence-corrected chi connectivity index (χ0v) is 16.5. The van der Waals surface area contributed by atoms with Gasteiger partial charge in [0.25, 0.3) is 0 Å². The van der Waals surface area contributed by atoms with Crippen LogP contribution in [-0.2, 0) is 14.8 Å². The molecule has 0 saturated heterocycles. The van der Waals surface area contributed by atoms with Gasteiger partial charge in [-0.15, -0.1) is 0 Å². The highest BCUT2D eigenvalue weighted by Crippen LogP contribution is 2.27. The number of hydrogen-bond donors (Lipinski definition) is 1. The summed E-state index contributed by atoms with van der Waals surface area (Å²) in [5, 5.41) is 0.155. The van der Waals surface area contributed by atoms with Gasteiger partial charge in [-0.1, -0.05) is 43.6 Å². The molecule has 0 aromatic heterocycles. The van der Waals surface area contributed by atoms with Crippen LogP contribution in [0.3, 0.4) is 0 Å². The molecule has 5 nitrogen and oxygen atoms in total. The van der Waals surface area contributed by atoms with Gasteiger partial charge in [0.1, 0.15) is 0 Å². The topological polar surface area (TPSA) is 58.6 Å². The molecule has 0 fully saturated rings. The number of likely N-dealkylation sites (N-methyl/N-ethyl adjacent to an activating group) is 1. The molecule has 0 heterocycles. The average Bonchev–Trinajstić information content (AvgIpc) is 2.57. The van der Waals surface area contributed by atoms with Gasteiger partial charge in [0.05, 0.1) is 5.25 Å². The van der Waals surface area contributed by atoms with Crippen LogP contribution < -0.4 is 4.72 Å². The molecule has 0 aliphatic carbocycles. The maximum Gasteiger partial charge on any atom is 0.214 e. The molecule has 1 N–H and O–H groups in total. The Morgan fingerprint density at radius 2 is 1.88 bits per heavy atom. The largest absolute Gasteiger partial charge is 0.385 e. The van der Waals surface area contributed by atoms with E-state index in [1.54, 1.807) is 14.0 Å². The summed E-state index contributed by atoms with van der Waals surface area (Å²) in [7, 11) is -1.83. The van der Waals surface area contributed by atoms with Gasteiger partial charge in [-0.05, 0) is 38.1 Å². The van der Waals surface area contributed by atoms with Crippen LogP contribution in [0.2, 0.25) is 5.02 Å². The van der Waals surface area contributed by atoms with Crippen molar-refractivity contribution in [3.05, 3.63) is 34.9 Å². The maximum absolute atomic E-state index is 12.4. The number of nitrogens with one attached hydrogen (secondary N) is 1. The SMILES string of the molecule is CCN(CC)[C@@H](CNS(=O)(=O)[C@H](C)CCOC)c1ccccc1Cl. The molecule has 1 aromatic carbocycles. The van der Waals surface area contributed by atoms with Gasteiger partial charge in [0.2, 0.25) is 10.0 Å². The summed E-state index contributed by atoms with van der Waals surface area (Å²) in [6, 6.07) is 7.49. The first-order valence-corrected chi connectivity index (χ1v) is 10.3. The second-order valence-electron chi connectivity index (χ2n) is 5.74. The molecular formula is C17H29ClN2O3S. The molecule has 2 atom stereocenters. The van der Waals surface area contributed by atoms with E-state index in [2.05, 4.69) is 23.5 Å². The fourth-order valence-electron chi connectivity index (χ4n) is 2.62. The van der Waals surface area contributed by atoms with Gasteiger partial charge in [0.15, 0.2) is 0 Å². The summed E-state index contributed by atoms with van der Waals surface area (Å²) in [4.78, 5) is 2.20. The summed E-state index contributed by atoms with van der Waals surface area (Å²) in [5.74, 6) is 0. The molecule has 0 aliphatic heterocycles. The van der Waals surface area contributed by atoms with E-state index in [1.165, 1.54) is 0 Å². The molecule has 0 unspecified atom stereocenters. The predicted octanol–water partition coefficient (Wildman–Crippen LogP) is 3.07. The van der Waals surface area contributed by atoms with Crippen molar-refractivity contribution in [2.75, 3.05) is 33.4 Å². The Balaban J connectivity index is 2.92. The lowest BCUT2D eigenvalue weighted by Gasteiger charge is -2.31. The molecule has 24 heavy (non-hydrogen) atoms. The third-order valence-corrected chi connectivity index (χ3v) is 6.46. The summed E-state index contributed by atoms with van der Waals surface area (Å²) in [5.41, 5.74) is 0.940. The Morgan fingerprint density at radius 3 is 2.42 bits per heavy atom. The molecule has 0 bridgehead atoms. The normalized spacial score (nSPS) is 14.8. The summed E-state index contributed by atoms with van der Waals surface area (Å²) < 4.78 is 32.6. The number of hydrogen-bond acceptors (Lipinski definition) is 4. The van der Waals surface area contributed by atoms with E-state index in [-0.39, 0.29) is 6.04 Å². The third-order valence-electron chi connectivity index (χ3n) is 4.25. The quantitative estimate of drug-likeness (QED) is 0.644. The smallest absolute Gasteiger partial charge is 0.214 e. The molecule has 1 rings (SSSR count). The minimum atomic E-state index is -3.40. The molecule has 0 spiro atoms. The minimum absolute atomic E-state index is 0.0990. The van der Waals surface area contributed by atoms with Crippen molar-refractivity contribution in [1.29, 1.82) is 0 Å². The highest BCUT2D eigenvalue weighted by atomic mass is 35.5. The Hall–Kier alpha value is -0.660. The van der Waals surface area contributed by atoms with Gasteiger partial charge < -0.3 is 4.74 Å². The van der Waals surface area contributed by atoms with Crippen LogP contribution in [0.4, 0.5) is 0 Å². The first-order chi connectivity index (χ1) is 11.4. The second-order valence-corrected chi connectivity index (χ2v) is 8.33. The van der Waals surface area contributed by atoms with Crippen LogP contribution in [0.1, 0.15) is 38.8 Å². The van der Waals surface area contributed by atoms with Crippen molar-refractivity contribution in [2.45, 2.75) is 38.5 Å². The van der Waals surface area contributed by atoms with Gasteiger partial charge in [-0.25, -0.2) is 13.1 Å². The van der Waals surface area contributed by atoms with Crippen molar-refractivity contribution in [1.82, 2.24) is 9.62 Å². The molecule has 138 valence electrons. The number of benzene rings is 1. The van der Waals surface area contributed by atoms with Crippen molar-refractivity contribution in [2.24, 2.45) is 0 Å². The molecule has 0 aliphatic rings. The highest BCUT2D eigenvalue weighted by Gasteiger charge is 2.25. The zero-order chi connectivity index (χ0) is 18.2. The Bertz CT molecular complexity index is 591.